The fraction of sp³-hybridized carbons (Fsp3) is 0.500. The van der Waals surface area contributed by atoms with Gasteiger partial charge in [0, 0.05) is 6.20 Å². The van der Waals surface area contributed by atoms with E-state index in [4.69, 9.17) is 0 Å². The number of rotatable bonds is 1. The Bertz CT molecular complexity index is 470. The van der Waals surface area contributed by atoms with E-state index < -0.39 is 0 Å². The van der Waals surface area contributed by atoms with Gasteiger partial charge in [-0.15, -0.1) is 0 Å². The molecule has 2 heterocycles. The highest BCUT2D eigenvalue weighted by molar-refractivity contribution is 5.73. The average Bonchev–Trinajstić information content (AvgIpc) is 2.46. The summed E-state index contributed by atoms with van der Waals surface area (Å²) in [4.78, 5) is 8.59. The maximum atomic E-state index is 4.43. The predicted molar refractivity (Wildman–Crippen MR) is 52.9 cm³/mol. The summed E-state index contributed by atoms with van der Waals surface area (Å²) < 4.78 is 2.05. The Labute approximate surface area is 82.0 Å². The normalized spacial score (nSPS) is 17.2. The summed E-state index contributed by atoms with van der Waals surface area (Å²) in [6.45, 7) is 1.91. The SMILES string of the molecule is Cc1ncc2cnn(C3CCC3)c2n1. The Morgan fingerprint density at radius 1 is 1.36 bits per heavy atom. The molecule has 72 valence electrons. The number of fused-ring (bicyclic) bond motifs is 1. The molecule has 0 radical (unpaired) electrons. The minimum absolute atomic E-state index is 0.571. The molecule has 0 amide bonds. The summed E-state index contributed by atoms with van der Waals surface area (Å²) in [5.74, 6) is 0.818. The topological polar surface area (TPSA) is 43.6 Å². The number of nitrogens with zero attached hydrogens (tertiary/aromatic N) is 4. The highest BCUT2D eigenvalue weighted by Gasteiger charge is 2.22. The first kappa shape index (κ1) is 7.91. The van der Waals surface area contributed by atoms with E-state index in [9.17, 15) is 0 Å². The van der Waals surface area contributed by atoms with Crippen molar-refractivity contribution in [3.63, 3.8) is 0 Å². The van der Waals surface area contributed by atoms with Crippen LogP contribution in [0.2, 0.25) is 0 Å². The van der Waals surface area contributed by atoms with E-state index in [2.05, 4.69) is 15.1 Å². The molecule has 0 unspecified atom stereocenters. The summed E-state index contributed by atoms with van der Waals surface area (Å²) in [6.07, 6.45) is 7.49. The van der Waals surface area contributed by atoms with Crippen LogP contribution in [0, 0.1) is 6.92 Å². The summed E-state index contributed by atoms with van der Waals surface area (Å²) >= 11 is 0. The first-order valence-corrected chi connectivity index (χ1v) is 5.01. The van der Waals surface area contributed by atoms with Crippen LogP contribution in [0.1, 0.15) is 31.1 Å². The van der Waals surface area contributed by atoms with Crippen LogP contribution in [-0.4, -0.2) is 19.7 Å². The van der Waals surface area contributed by atoms with Crippen LogP contribution in [0.5, 0.6) is 0 Å². The van der Waals surface area contributed by atoms with Crippen molar-refractivity contribution in [2.24, 2.45) is 0 Å². The highest BCUT2D eigenvalue weighted by Crippen LogP contribution is 2.32. The van der Waals surface area contributed by atoms with E-state index in [1.54, 1.807) is 0 Å². The van der Waals surface area contributed by atoms with Gasteiger partial charge in [-0.3, -0.25) is 0 Å². The van der Waals surface area contributed by atoms with Crippen molar-refractivity contribution in [1.29, 1.82) is 0 Å². The smallest absolute Gasteiger partial charge is 0.161 e. The van der Waals surface area contributed by atoms with Crippen molar-refractivity contribution in [3.8, 4) is 0 Å². The summed E-state index contributed by atoms with van der Waals surface area (Å²) in [5.41, 5.74) is 0.988. The largest absolute Gasteiger partial charge is 0.244 e. The number of aromatic nitrogens is 4. The first-order valence-electron chi connectivity index (χ1n) is 5.01. The molecule has 1 aliphatic rings. The van der Waals surface area contributed by atoms with Crippen LogP contribution in [0.25, 0.3) is 11.0 Å². The van der Waals surface area contributed by atoms with Gasteiger partial charge in [0.1, 0.15) is 5.82 Å². The molecule has 1 aliphatic carbocycles. The third-order valence-corrected chi connectivity index (χ3v) is 2.88. The molecule has 2 aromatic rings. The zero-order valence-electron chi connectivity index (χ0n) is 8.14. The van der Waals surface area contributed by atoms with E-state index in [1.165, 1.54) is 19.3 Å². The molecule has 2 aromatic heterocycles. The van der Waals surface area contributed by atoms with Crippen LogP contribution < -0.4 is 0 Å². The molecular formula is C10H12N4. The second kappa shape index (κ2) is 2.77. The van der Waals surface area contributed by atoms with E-state index >= 15 is 0 Å². The number of hydrogen-bond donors (Lipinski definition) is 0. The fourth-order valence-electron chi connectivity index (χ4n) is 1.82. The van der Waals surface area contributed by atoms with Gasteiger partial charge >= 0.3 is 0 Å². The van der Waals surface area contributed by atoms with Crippen LogP contribution in [0.15, 0.2) is 12.4 Å². The van der Waals surface area contributed by atoms with Gasteiger partial charge in [-0.1, -0.05) is 0 Å². The Balaban J connectivity index is 2.18. The number of aryl methyl sites for hydroxylation is 1. The minimum atomic E-state index is 0.571. The second-order valence-corrected chi connectivity index (χ2v) is 3.87. The molecule has 0 atom stereocenters. The molecule has 4 nitrogen and oxygen atoms in total. The Kier molecular flexibility index (Phi) is 1.56. The summed E-state index contributed by atoms with van der Waals surface area (Å²) in [6, 6.07) is 0.571. The fourth-order valence-corrected chi connectivity index (χ4v) is 1.82. The molecular weight excluding hydrogens is 176 g/mol. The minimum Gasteiger partial charge on any atom is -0.244 e. The number of hydrogen-bond acceptors (Lipinski definition) is 3. The van der Waals surface area contributed by atoms with E-state index in [0.717, 1.165) is 16.9 Å². The van der Waals surface area contributed by atoms with E-state index in [0.29, 0.717) is 6.04 Å². The van der Waals surface area contributed by atoms with Crippen molar-refractivity contribution in [3.05, 3.63) is 18.2 Å². The standard InChI is InChI=1S/C10H12N4/c1-7-11-5-8-6-12-14(10(8)13-7)9-3-2-4-9/h5-6,9H,2-4H2,1H3. The molecule has 1 saturated carbocycles. The molecule has 4 heteroatoms. The lowest BCUT2D eigenvalue weighted by Crippen LogP contribution is -2.18. The Morgan fingerprint density at radius 3 is 2.93 bits per heavy atom. The average molecular weight is 188 g/mol. The zero-order valence-corrected chi connectivity index (χ0v) is 8.14. The third-order valence-electron chi connectivity index (χ3n) is 2.88. The summed E-state index contributed by atoms with van der Waals surface area (Å²) in [5, 5.41) is 5.42. The van der Waals surface area contributed by atoms with Crippen molar-refractivity contribution in [1.82, 2.24) is 19.7 Å². The van der Waals surface area contributed by atoms with Crippen molar-refractivity contribution < 1.29 is 0 Å². The van der Waals surface area contributed by atoms with E-state index in [1.807, 2.05) is 24.0 Å². The maximum absolute atomic E-state index is 4.43. The van der Waals surface area contributed by atoms with E-state index in [-0.39, 0.29) is 0 Å². The van der Waals surface area contributed by atoms with Gasteiger partial charge in [-0.25, -0.2) is 14.6 Å². The van der Waals surface area contributed by atoms with Gasteiger partial charge in [0.25, 0.3) is 0 Å². The molecule has 14 heavy (non-hydrogen) atoms. The first-order chi connectivity index (χ1) is 6.84. The molecule has 0 spiro atoms. The molecule has 0 N–H and O–H groups in total. The lowest BCUT2D eigenvalue weighted by atomic mass is 9.93. The van der Waals surface area contributed by atoms with Gasteiger partial charge in [0.15, 0.2) is 5.65 Å². The molecule has 3 rings (SSSR count). The zero-order chi connectivity index (χ0) is 9.54. The lowest BCUT2D eigenvalue weighted by molar-refractivity contribution is 0.296. The molecule has 1 fully saturated rings. The van der Waals surface area contributed by atoms with Gasteiger partial charge in [0.2, 0.25) is 0 Å². The molecule has 0 aliphatic heterocycles. The van der Waals surface area contributed by atoms with Crippen LogP contribution in [-0.2, 0) is 0 Å². The molecule has 0 aromatic carbocycles. The van der Waals surface area contributed by atoms with Crippen molar-refractivity contribution >= 4 is 11.0 Å². The second-order valence-electron chi connectivity index (χ2n) is 3.87. The van der Waals surface area contributed by atoms with Crippen molar-refractivity contribution in [2.45, 2.75) is 32.2 Å². The van der Waals surface area contributed by atoms with Gasteiger partial charge in [-0.05, 0) is 26.2 Å². The quantitative estimate of drug-likeness (QED) is 0.686. The summed E-state index contributed by atoms with van der Waals surface area (Å²) in [7, 11) is 0. The Morgan fingerprint density at radius 2 is 2.21 bits per heavy atom. The monoisotopic (exact) mass is 188 g/mol. The molecule has 0 bridgehead atoms. The lowest BCUT2D eigenvalue weighted by Gasteiger charge is -2.25. The van der Waals surface area contributed by atoms with Crippen LogP contribution in [0.3, 0.4) is 0 Å². The third kappa shape index (κ3) is 1.03. The highest BCUT2D eigenvalue weighted by atomic mass is 15.3. The molecule has 0 saturated heterocycles. The van der Waals surface area contributed by atoms with Gasteiger partial charge in [0.05, 0.1) is 17.6 Å². The Hall–Kier alpha value is -1.45. The maximum Gasteiger partial charge on any atom is 0.161 e. The van der Waals surface area contributed by atoms with Crippen molar-refractivity contribution in [2.75, 3.05) is 0 Å². The van der Waals surface area contributed by atoms with Crippen LogP contribution in [0.4, 0.5) is 0 Å². The van der Waals surface area contributed by atoms with Gasteiger partial charge < -0.3 is 0 Å². The van der Waals surface area contributed by atoms with Crippen LogP contribution >= 0.6 is 0 Å². The predicted octanol–water partition coefficient (Wildman–Crippen LogP) is 1.86. The van der Waals surface area contributed by atoms with Gasteiger partial charge in [-0.2, -0.15) is 5.10 Å².